The van der Waals surface area contributed by atoms with E-state index in [1.54, 1.807) is 6.92 Å². The number of rotatable bonds is 3. The van der Waals surface area contributed by atoms with Crippen molar-refractivity contribution in [3.8, 4) is 0 Å². The molecule has 0 spiro atoms. The molecule has 2 rings (SSSR count). The van der Waals surface area contributed by atoms with E-state index in [4.69, 9.17) is 5.73 Å². The van der Waals surface area contributed by atoms with Crippen LogP contribution in [0.25, 0.3) is 0 Å². The quantitative estimate of drug-likeness (QED) is 0.787. The third kappa shape index (κ3) is 1.26. The number of Topliss-reactive ketones (excluding diaryl/α,β-unsaturated/α-hetero) is 1. The molecule has 0 radical (unpaired) electrons. The summed E-state index contributed by atoms with van der Waals surface area (Å²) in [4.78, 5) is 11.6. The largest absolute Gasteiger partial charge is 0.326 e. The second-order valence-electron chi connectivity index (χ2n) is 4.00. The van der Waals surface area contributed by atoms with Crippen molar-refractivity contribution in [2.24, 2.45) is 5.73 Å². The molecule has 0 saturated heterocycles. The fourth-order valence-electron chi connectivity index (χ4n) is 2.10. The molecule has 0 bridgehead atoms. The molecule has 0 atom stereocenters. The second-order valence-corrected chi connectivity index (χ2v) is 4.00. The SMILES string of the molecule is CC(=O)C1(c2ccccc2CN)CC1. The Hall–Kier alpha value is -1.15. The van der Waals surface area contributed by atoms with Gasteiger partial charge in [-0.2, -0.15) is 0 Å². The topological polar surface area (TPSA) is 43.1 Å². The molecular formula is C12H15NO. The van der Waals surface area contributed by atoms with Gasteiger partial charge in [-0.15, -0.1) is 0 Å². The number of hydrogen-bond acceptors (Lipinski definition) is 2. The molecule has 2 heteroatoms. The zero-order chi connectivity index (χ0) is 10.2. The average molecular weight is 189 g/mol. The van der Waals surface area contributed by atoms with E-state index >= 15 is 0 Å². The molecule has 1 fully saturated rings. The predicted octanol–water partition coefficient (Wildman–Crippen LogP) is 1.77. The minimum Gasteiger partial charge on any atom is -0.326 e. The molecule has 2 N–H and O–H groups in total. The summed E-state index contributed by atoms with van der Waals surface area (Å²) < 4.78 is 0. The molecule has 1 aromatic carbocycles. The Morgan fingerprint density at radius 1 is 1.43 bits per heavy atom. The highest BCUT2D eigenvalue weighted by atomic mass is 16.1. The lowest BCUT2D eigenvalue weighted by atomic mass is 9.88. The van der Waals surface area contributed by atoms with Gasteiger partial charge in [-0.3, -0.25) is 4.79 Å². The van der Waals surface area contributed by atoms with E-state index in [1.165, 1.54) is 0 Å². The van der Waals surface area contributed by atoms with E-state index in [0.29, 0.717) is 6.54 Å². The fraction of sp³-hybridized carbons (Fsp3) is 0.417. The molecule has 0 amide bonds. The summed E-state index contributed by atoms with van der Waals surface area (Å²) in [6.45, 7) is 2.20. The van der Waals surface area contributed by atoms with Gasteiger partial charge in [0.2, 0.25) is 0 Å². The van der Waals surface area contributed by atoms with Crippen LogP contribution in [0.5, 0.6) is 0 Å². The van der Waals surface area contributed by atoms with Crippen molar-refractivity contribution in [2.45, 2.75) is 31.7 Å². The minimum absolute atomic E-state index is 0.185. The van der Waals surface area contributed by atoms with E-state index in [2.05, 4.69) is 0 Å². The van der Waals surface area contributed by atoms with Crippen molar-refractivity contribution < 1.29 is 4.79 Å². The molecule has 1 saturated carbocycles. The zero-order valence-corrected chi connectivity index (χ0v) is 8.42. The standard InChI is InChI=1S/C12H15NO/c1-9(14)12(6-7-12)11-5-3-2-4-10(11)8-13/h2-5H,6-8,13H2,1H3. The second kappa shape index (κ2) is 3.21. The highest BCUT2D eigenvalue weighted by Gasteiger charge is 2.49. The number of carbonyl (C=O) groups excluding carboxylic acids is 1. The fourth-order valence-corrected chi connectivity index (χ4v) is 2.10. The first-order chi connectivity index (χ1) is 6.70. The van der Waals surface area contributed by atoms with E-state index in [0.717, 1.165) is 24.0 Å². The van der Waals surface area contributed by atoms with Gasteiger partial charge in [0.25, 0.3) is 0 Å². The van der Waals surface area contributed by atoms with Crippen LogP contribution in [0.1, 0.15) is 30.9 Å². The minimum atomic E-state index is -0.185. The molecule has 0 aromatic heterocycles. The van der Waals surface area contributed by atoms with Crippen LogP contribution in [0.4, 0.5) is 0 Å². The summed E-state index contributed by atoms with van der Waals surface area (Å²) in [6.07, 6.45) is 1.97. The van der Waals surface area contributed by atoms with Crippen LogP contribution in [0.3, 0.4) is 0 Å². The van der Waals surface area contributed by atoms with Crippen molar-refractivity contribution in [3.63, 3.8) is 0 Å². The Labute approximate surface area is 84.1 Å². The number of nitrogens with two attached hydrogens (primary N) is 1. The predicted molar refractivity (Wildman–Crippen MR) is 55.9 cm³/mol. The highest BCUT2D eigenvalue weighted by molar-refractivity contribution is 5.91. The summed E-state index contributed by atoms with van der Waals surface area (Å²) >= 11 is 0. The molecule has 74 valence electrons. The van der Waals surface area contributed by atoms with Gasteiger partial charge in [-0.25, -0.2) is 0 Å². The third-order valence-electron chi connectivity index (χ3n) is 3.18. The lowest BCUT2D eigenvalue weighted by Gasteiger charge is -2.15. The van der Waals surface area contributed by atoms with Gasteiger partial charge in [0.1, 0.15) is 5.78 Å². The maximum atomic E-state index is 11.6. The molecule has 0 heterocycles. The Kier molecular flexibility index (Phi) is 2.16. The van der Waals surface area contributed by atoms with Crippen molar-refractivity contribution in [1.82, 2.24) is 0 Å². The summed E-state index contributed by atoms with van der Waals surface area (Å²) in [5.74, 6) is 0.276. The Bertz CT molecular complexity index is 366. The summed E-state index contributed by atoms with van der Waals surface area (Å²) in [7, 11) is 0. The molecule has 1 aromatic rings. The number of ketones is 1. The first-order valence-corrected chi connectivity index (χ1v) is 5.00. The van der Waals surface area contributed by atoms with Gasteiger partial charge in [0.15, 0.2) is 0 Å². The van der Waals surface area contributed by atoms with Crippen molar-refractivity contribution >= 4 is 5.78 Å². The molecule has 14 heavy (non-hydrogen) atoms. The zero-order valence-electron chi connectivity index (χ0n) is 8.42. The molecule has 0 aliphatic heterocycles. The van der Waals surface area contributed by atoms with E-state index in [1.807, 2.05) is 24.3 Å². The van der Waals surface area contributed by atoms with Crippen LogP contribution in [0, 0.1) is 0 Å². The van der Waals surface area contributed by atoms with Crippen molar-refractivity contribution in [2.75, 3.05) is 0 Å². The maximum absolute atomic E-state index is 11.6. The monoisotopic (exact) mass is 189 g/mol. The third-order valence-corrected chi connectivity index (χ3v) is 3.18. The normalized spacial score (nSPS) is 17.9. The Balaban J connectivity index is 2.46. The van der Waals surface area contributed by atoms with Crippen LogP contribution >= 0.6 is 0 Å². The molecule has 2 nitrogen and oxygen atoms in total. The van der Waals surface area contributed by atoms with Crippen molar-refractivity contribution in [3.05, 3.63) is 35.4 Å². The van der Waals surface area contributed by atoms with Crippen LogP contribution in [0.15, 0.2) is 24.3 Å². The van der Waals surface area contributed by atoms with E-state index < -0.39 is 0 Å². The lowest BCUT2D eigenvalue weighted by molar-refractivity contribution is -0.119. The average Bonchev–Trinajstić information content (AvgIpc) is 2.98. The molecular weight excluding hydrogens is 174 g/mol. The first kappa shape index (κ1) is 9.41. The first-order valence-electron chi connectivity index (χ1n) is 5.00. The van der Waals surface area contributed by atoms with E-state index in [-0.39, 0.29) is 11.2 Å². The summed E-state index contributed by atoms with van der Waals surface area (Å²) in [5.41, 5.74) is 7.74. The smallest absolute Gasteiger partial charge is 0.140 e. The molecule has 1 aliphatic rings. The van der Waals surface area contributed by atoms with Gasteiger partial charge in [-0.1, -0.05) is 24.3 Å². The summed E-state index contributed by atoms with van der Waals surface area (Å²) in [6, 6.07) is 8.01. The van der Waals surface area contributed by atoms with Gasteiger partial charge < -0.3 is 5.73 Å². The maximum Gasteiger partial charge on any atom is 0.140 e. The molecule has 0 unspecified atom stereocenters. The number of hydrogen-bond donors (Lipinski definition) is 1. The van der Waals surface area contributed by atoms with Gasteiger partial charge in [-0.05, 0) is 30.9 Å². The number of benzene rings is 1. The van der Waals surface area contributed by atoms with Gasteiger partial charge >= 0.3 is 0 Å². The van der Waals surface area contributed by atoms with Crippen LogP contribution in [-0.4, -0.2) is 5.78 Å². The van der Waals surface area contributed by atoms with Gasteiger partial charge in [0.05, 0.1) is 5.41 Å². The van der Waals surface area contributed by atoms with Crippen molar-refractivity contribution in [1.29, 1.82) is 0 Å². The Morgan fingerprint density at radius 3 is 2.57 bits per heavy atom. The Morgan fingerprint density at radius 2 is 2.07 bits per heavy atom. The van der Waals surface area contributed by atoms with Crippen LogP contribution in [0.2, 0.25) is 0 Å². The lowest BCUT2D eigenvalue weighted by Crippen LogP contribution is -2.19. The van der Waals surface area contributed by atoms with Gasteiger partial charge in [0, 0.05) is 6.54 Å². The van der Waals surface area contributed by atoms with E-state index in [9.17, 15) is 4.79 Å². The highest BCUT2D eigenvalue weighted by Crippen LogP contribution is 2.49. The van der Waals surface area contributed by atoms with Crippen LogP contribution < -0.4 is 5.73 Å². The molecule has 1 aliphatic carbocycles. The van der Waals surface area contributed by atoms with Crippen LogP contribution in [-0.2, 0) is 16.8 Å². The summed E-state index contributed by atoms with van der Waals surface area (Å²) in [5, 5.41) is 0. The number of carbonyl (C=O) groups is 1.